The second-order valence-electron chi connectivity index (χ2n) is 3.08. The highest BCUT2D eigenvalue weighted by atomic mass is 14.9. The fraction of sp³-hybridized carbons (Fsp3) is 0.889. The molecular formula is C9H18N. The first-order valence-corrected chi connectivity index (χ1v) is 4.50. The van der Waals surface area contributed by atoms with Crippen LogP contribution in [-0.2, 0) is 0 Å². The second kappa shape index (κ2) is 4.73. The summed E-state index contributed by atoms with van der Waals surface area (Å²) in [6, 6.07) is 0.742. The van der Waals surface area contributed by atoms with Gasteiger partial charge in [0.05, 0.1) is 0 Å². The van der Waals surface area contributed by atoms with Crippen LogP contribution < -0.4 is 5.32 Å². The summed E-state index contributed by atoms with van der Waals surface area (Å²) in [5.41, 5.74) is 0. The second-order valence-corrected chi connectivity index (χ2v) is 3.08. The Morgan fingerprint density at radius 3 is 3.10 bits per heavy atom. The number of nitrogens with one attached hydrogen (secondary N) is 1. The highest BCUT2D eigenvalue weighted by molar-refractivity contribution is 4.88. The Labute approximate surface area is 64.2 Å². The van der Waals surface area contributed by atoms with E-state index in [0.717, 1.165) is 6.04 Å². The van der Waals surface area contributed by atoms with Gasteiger partial charge in [0.1, 0.15) is 0 Å². The minimum atomic E-state index is 0.742. The topological polar surface area (TPSA) is 12.0 Å². The van der Waals surface area contributed by atoms with E-state index in [1.54, 1.807) is 0 Å². The molecule has 0 aromatic rings. The highest BCUT2D eigenvalue weighted by Gasteiger charge is 2.12. The quantitative estimate of drug-likeness (QED) is 0.590. The number of rotatable bonds is 4. The molecule has 1 aliphatic carbocycles. The first-order chi connectivity index (χ1) is 4.93. The van der Waals surface area contributed by atoms with Crippen molar-refractivity contribution in [1.29, 1.82) is 0 Å². The maximum Gasteiger partial charge on any atom is 0.00985 e. The zero-order valence-corrected chi connectivity index (χ0v) is 6.90. The summed E-state index contributed by atoms with van der Waals surface area (Å²) in [7, 11) is 0. The molecule has 1 saturated carbocycles. The lowest BCUT2D eigenvalue weighted by atomic mass is 10.2. The van der Waals surface area contributed by atoms with Gasteiger partial charge in [-0.15, -0.1) is 0 Å². The summed E-state index contributed by atoms with van der Waals surface area (Å²) in [6.07, 6.45) is 9.12. The normalized spacial score (nSPS) is 20.1. The van der Waals surface area contributed by atoms with E-state index in [4.69, 9.17) is 0 Å². The van der Waals surface area contributed by atoms with Crippen molar-refractivity contribution in [3.8, 4) is 0 Å². The first kappa shape index (κ1) is 8.06. The van der Waals surface area contributed by atoms with E-state index < -0.39 is 0 Å². The van der Waals surface area contributed by atoms with Crippen LogP contribution in [0.4, 0.5) is 0 Å². The van der Waals surface area contributed by atoms with E-state index in [1.807, 2.05) is 0 Å². The Hall–Kier alpha value is -0.0400. The molecule has 0 aromatic heterocycles. The smallest absolute Gasteiger partial charge is 0.00985 e. The lowest BCUT2D eigenvalue weighted by Gasteiger charge is -2.09. The molecule has 1 fully saturated rings. The third kappa shape index (κ3) is 2.70. The van der Waals surface area contributed by atoms with Crippen molar-refractivity contribution in [3.63, 3.8) is 0 Å². The van der Waals surface area contributed by atoms with Gasteiger partial charge in [-0.1, -0.05) is 19.8 Å². The van der Waals surface area contributed by atoms with Crippen LogP contribution in [0.25, 0.3) is 0 Å². The average Bonchev–Trinajstić information content (AvgIpc) is 2.41. The van der Waals surface area contributed by atoms with Crippen molar-refractivity contribution in [2.75, 3.05) is 6.54 Å². The van der Waals surface area contributed by atoms with E-state index in [9.17, 15) is 0 Å². The monoisotopic (exact) mass is 140 g/mol. The molecule has 59 valence electrons. The van der Waals surface area contributed by atoms with Crippen molar-refractivity contribution < 1.29 is 0 Å². The molecule has 0 amide bonds. The molecule has 0 heterocycles. The average molecular weight is 140 g/mol. The van der Waals surface area contributed by atoms with Gasteiger partial charge in [-0.25, -0.2) is 0 Å². The van der Waals surface area contributed by atoms with Gasteiger partial charge in [0, 0.05) is 6.04 Å². The van der Waals surface area contributed by atoms with Gasteiger partial charge in [0.15, 0.2) is 0 Å². The molecule has 10 heavy (non-hydrogen) atoms. The Bertz CT molecular complexity index is 74.8. The van der Waals surface area contributed by atoms with E-state index in [-0.39, 0.29) is 0 Å². The number of hydrogen-bond acceptors (Lipinski definition) is 1. The minimum absolute atomic E-state index is 0.742. The Morgan fingerprint density at radius 2 is 2.50 bits per heavy atom. The zero-order valence-electron chi connectivity index (χ0n) is 6.90. The lowest BCUT2D eigenvalue weighted by molar-refractivity contribution is 0.556. The molecular weight excluding hydrogens is 122 g/mol. The van der Waals surface area contributed by atoms with Crippen LogP contribution in [0.5, 0.6) is 0 Å². The molecule has 0 spiro atoms. The number of hydrogen-bond donors (Lipinski definition) is 1. The van der Waals surface area contributed by atoms with Crippen molar-refractivity contribution in [1.82, 2.24) is 5.32 Å². The van der Waals surface area contributed by atoms with Gasteiger partial charge in [-0.3, -0.25) is 0 Å². The summed E-state index contributed by atoms with van der Waals surface area (Å²) in [5, 5.41) is 3.53. The molecule has 0 aliphatic heterocycles. The van der Waals surface area contributed by atoms with Gasteiger partial charge in [-0.05, 0) is 32.2 Å². The SMILES string of the molecule is CCCCNC1[CH]CCC1. The Morgan fingerprint density at radius 1 is 1.60 bits per heavy atom. The van der Waals surface area contributed by atoms with Crippen LogP contribution in [-0.4, -0.2) is 12.6 Å². The van der Waals surface area contributed by atoms with Crippen LogP contribution in [0, 0.1) is 6.42 Å². The van der Waals surface area contributed by atoms with Gasteiger partial charge >= 0.3 is 0 Å². The van der Waals surface area contributed by atoms with Gasteiger partial charge < -0.3 is 5.32 Å². The summed E-state index contributed by atoms with van der Waals surface area (Å²) in [5.74, 6) is 0. The maximum absolute atomic E-state index is 3.53. The van der Waals surface area contributed by atoms with Crippen LogP contribution in [0.15, 0.2) is 0 Å². The van der Waals surface area contributed by atoms with Crippen LogP contribution >= 0.6 is 0 Å². The lowest BCUT2D eigenvalue weighted by Crippen LogP contribution is -2.27. The predicted molar refractivity (Wildman–Crippen MR) is 44.8 cm³/mol. The minimum Gasteiger partial charge on any atom is -0.314 e. The molecule has 1 N–H and O–H groups in total. The van der Waals surface area contributed by atoms with Crippen LogP contribution in [0.3, 0.4) is 0 Å². The number of unbranched alkanes of at least 4 members (excludes halogenated alkanes) is 1. The fourth-order valence-electron chi connectivity index (χ4n) is 1.42. The van der Waals surface area contributed by atoms with Crippen molar-refractivity contribution >= 4 is 0 Å². The van der Waals surface area contributed by atoms with Gasteiger partial charge in [0.2, 0.25) is 0 Å². The van der Waals surface area contributed by atoms with Crippen LogP contribution in [0.2, 0.25) is 0 Å². The molecule has 1 rings (SSSR count). The largest absolute Gasteiger partial charge is 0.314 e. The third-order valence-corrected chi connectivity index (χ3v) is 2.11. The molecule has 0 aromatic carbocycles. The summed E-state index contributed by atoms with van der Waals surface area (Å²) >= 11 is 0. The fourth-order valence-corrected chi connectivity index (χ4v) is 1.42. The molecule has 1 aliphatic rings. The maximum atomic E-state index is 3.53. The van der Waals surface area contributed by atoms with Gasteiger partial charge in [0.25, 0.3) is 0 Å². The molecule has 1 radical (unpaired) electrons. The summed E-state index contributed by atoms with van der Waals surface area (Å²) in [6.45, 7) is 3.44. The third-order valence-electron chi connectivity index (χ3n) is 2.11. The standard InChI is InChI=1S/C9H18N/c1-2-3-8-10-9-6-4-5-7-9/h6,9-10H,2-5,7-8H2,1H3. The molecule has 0 saturated heterocycles. The summed E-state index contributed by atoms with van der Waals surface area (Å²) in [4.78, 5) is 0. The van der Waals surface area contributed by atoms with E-state index in [2.05, 4.69) is 18.7 Å². The molecule has 1 atom stereocenters. The van der Waals surface area contributed by atoms with E-state index >= 15 is 0 Å². The van der Waals surface area contributed by atoms with Crippen molar-refractivity contribution in [2.45, 2.75) is 45.1 Å². The highest BCUT2D eigenvalue weighted by Crippen LogP contribution is 2.16. The molecule has 1 heteroatoms. The summed E-state index contributed by atoms with van der Waals surface area (Å²) < 4.78 is 0. The van der Waals surface area contributed by atoms with E-state index in [0.29, 0.717) is 0 Å². The predicted octanol–water partition coefficient (Wildman–Crippen LogP) is 2.13. The van der Waals surface area contributed by atoms with Crippen molar-refractivity contribution in [3.05, 3.63) is 6.42 Å². The molecule has 1 nitrogen and oxygen atoms in total. The molecule has 1 unspecified atom stereocenters. The van der Waals surface area contributed by atoms with E-state index in [1.165, 1.54) is 38.6 Å². The first-order valence-electron chi connectivity index (χ1n) is 4.50. The van der Waals surface area contributed by atoms with Crippen LogP contribution in [0.1, 0.15) is 39.0 Å². The Balaban J connectivity index is 1.91. The molecule has 0 bridgehead atoms. The Kier molecular flexibility index (Phi) is 3.81. The van der Waals surface area contributed by atoms with Gasteiger partial charge in [-0.2, -0.15) is 0 Å². The zero-order chi connectivity index (χ0) is 7.23. The van der Waals surface area contributed by atoms with Crippen molar-refractivity contribution in [2.24, 2.45) is 0 Å².